The van der Waals surface area contributed by atoms with Crippen LogP contribution >= 0.6 is 23.4 Å². The lowest BCUT2D eigenvalue weighted by molar-refractivity contribution is -0.159. The van der Waals surface area contributed by atoms with Crippen LogP contribution in [0.5, 0.6) is 0 Å². The van der Waals surface area contributed by atoms with E-state index in [0.717, 1.165) is 17.3 Å². The van der Waals surface area contributed by atoms with Crippen molar-refractivity contribution in [2.75, 3.05) is 25.4 Å². The standard InChI is InChI=1S/C10H14ClNOS.C2H2O4/c11-9-1-3-10(4-2-9)14-8-6-12-5-7-13;3-1(4)2(5)6/h1-4,12-13H,5-8H2;(H,3,4)(H,5,6). The summed E-state index contributed by atoms with van der Waals surface area (Å²) in [5.41, 5.74) is 0. The van der Waals surface area contributed by atoms with Crippen molar-refractivity contribution >= 4 is 35.3 Å². The predicted octanol–water partition coefficient (Wildman–Crippen LogP) is 1.17. The zero-order chi connectivity index (χ0) is 15.4. The van der Waals surface area contributed by atoms with Gasteiger partial charge in [0.15, 0.2) is 0 Å². The average Bonchev–Trinajstić information content (AvgIpc) is 2.41. The number of benzene rings is 1. The fourth-order valence-corrected chi connectivity index (χ4v) is 1.91. The molecule has 1 rings (SSSR count). The van der Waals surface area contributed by atoms with E-state index in [1.165, 1.54) is 4.90 Å². The molecule has 0 aliphatic carbocycles. The van der Waals surface area contributed by atoms with Crippen molar-refractivity contribution < 1.29 is 24.9 Å². The van der Waals surface area contributed by atoms with Crippen molar-refractivity contribution in [3.05, 3.63) is 29.3 Å². The third kappa shape index (κ3) is 10.6. The molecule has 0 amide bonds. The van der Waals surface area contributed by atoms with Crippen molar-refractivity contribution in [1.82, 2.24) is 5.32 Å². The van der Waals surface area contributed by atoms with Crippen LogP contribution in [0.3, 0.4) is 0 Å². The van der Waals surface area contributed by atoms with Crippen molar-refractivity contribution in [3.8, 4) is 0 Å². The molecule has 0 saturated heterocycles. The first kappa shape index (κ1) is 18.7. The Kier molecular flexibility index (Phi) is 10.8. The van der Waals surface area contributed by atoms with Crippen LogP contribution in [-0.2, 0) is 9.59 Å². The van der Waals surface area contributed by atoms with E-state index in [0.29, 0.717) is 6.54 Å². The second kappa shape index (κ2) is 11.5. The first-order valence-corrected chi connectivity index (χ1v) is 7.00. The number of rotatable bonds is 6. The molecular formula is C12H16ClNO5S. The summed E-state index contributed by atoms with van der Waals surface area (Å²) in [5, 5.41) is 27.2. The molecule has 4 N–H and O–H groups in total. The number of hydrogen-bond acceptors (Lipinski definition) is 5. The van der Waals surface area contributed by atoms with E-state index in [1.807, 2.05) is 24.3 Å². The number of aliphatic carboxylic acids is 2. The smallest absolute Gasteiger partial charge is 0.414 e. The lowest BCUT2D eigenvalue weighted by atomic mass is 10.4. The molecule has 0 atom stereocenters. The van der Waals surface area contributed by atoms with Crippen LogP contribution in [0.1, 0.15) is 0 Å². The van der Waals surface area contributed by atoms with Crippen LogP contribution in [0.4, 0.5) is 0 Å². The molecule has 6 nitrogen and oxygen atoms in total. The number of carboxylic acids is 2. The summed E-state index contributed by atoms with van der Waals surface area (Å²) in [6, 6.07) is 7.81. The number of carboxylic acid groups (broad SMARTS) is 2. The fraction of sp³-hybridized carbons (Fsp3) is 0.333. The average molecular weight is 322 g/mol. The van der Waals surface area contributed by atoms with Gasteiger partial charge >= 0.3 is 11.9 Å². The predicted molar refractivity (Wildman–Crippen MR) is 77.4 cm³/mol. The zero-order valence-corrected chi connectivity index (χ0v) is 12.2. The van der Waals surface area contributed by atoms with E-state index in [-0.39, 0.29) is 6.61 Å². The molecule has 112 valence electrons. The maximum Gasteiger partial charge on any atom is 0.414 e. The molecule has 1 aromatic rings. The van der Waals surface area contributed by atoms with Gasteiger partial charge in [-0.25, -0.2) is 9.59 Å². The van der Waals surface area contributed by atoms with Crippen molar-refractivity contribution in [1.29, 1.82) is 0 Å². The molecule has 0 spiro atoms. The van der Waals surface area contributed by atoms with Gasteiger partial charge in [0, 0.05) is 28.8 Å². The molecule has 20 heavy (non-hydrogen) atoms. The summed E-state index contributed by atoms with van der Waals surface area (Å²) in [6.07, 6.45) is 0. The highest BCUT2D eigenvalue weighted by Crippen LogP contribution is 2.19. The maximum absolute atomic E-state index is 9.10. The van der Waals surface area contributed by atoms with Crippen molar-refractivity contribution in [3.63, 3.8) is 0 Å². The molecule has 0 aliphatic rings. The number of nitrogens with one attached hydrogen (secondary N) is 1. The highest BCUT2D eigenvalue weighted by atomic mass is 35.5. The van der Waals surface area contributed by atoms with Gasteiger partial charge in [-0.15, -0.1) is 11.8 Å². The number of aliphatic hydroxyl groups excluding tert-OH is 1. The highest BCUT2D eigenvalue weighted by Gasteiger charge is 2.04. The van der Waals surface area contributed by atoms with E-state index in [9.17, 15) is 0 Å². The fourth-order valence-electron chi connectivity index (χ4n) is 0.976. The second-order valence-electron chi connectivity index (χ2n) is 3.39. The second-order valence-corrected chi connectivity index (χ2v) is 4.99. The Hall–Kier alpha value is -1.28. The molecule has 0 heterocycles. The Bertz CT molecular complexity index is 401. The monoisotopic (exact) mass is 321 g/mol. The summed E-state index contributed by atoms with van der Waals surface area (Å²) in [7, 11) is 0. The maximum atomic E-state index is 9.10. The van der Waals surface area contributed by atoms with Gasteiger partial charge in [0.25, 0.3) is 0 Å². The number of thioether (sulfide) groups is 1. The first-order valence-electron chi connectivity index (χ1n) is 5.63. The van der Waals surface area contributed by atoms with Gasteiger partial charge < -0.3 is 20.6 Å². The number of halogens is 1. The molecule has 0 radical (unpaired) electrons. The SMILES string of the molecule is O=C(O)C(=O)O.OCCNCCSc1ccc(Cl)cc1. The van der Waals surface area contributed by atoms with Crippen LogP contribution < -0.4 is 5.32 Å². The Morgan fingerprint density at radius 1 is 1.10 bits per heavy atom. The first-order chi connectivity index (χ1) is 9.47. The quantitative estimate of drug-likeness (QED) is 0.354. The van der Waals surface area contributed by atoms with Crippen molar-refractivity contribution in [2.45, 2.75) is 4.90 Å². The van der Waals surface area contributed by atoms with E-state index >= 15 is 0 Å². The molecule has 0 fully saturated rings. The summed E-state index contributed by atoms with van der Waals surface area (Å²) >= 11 is 7.54. The van der Waals surface area contributed by atoms with Gasteiger partial charge in [0.2, 0.25) is 0 Å². The number of aliphatic hydroxyl groups is 1. The molecule has 8 heteroatoms. The molecular weight excluding hydrogens is 306 g/mol. The summed E-state index contributed by atoms with van der Waals surface area (Å²) in [5.74, 6) is -2.65. The van der Waals surface area contributed by atoms with E-state index in [4.69, 9.17) is 36.5 Å². The Morgan fingerprint density at radius 3 is 2.10 bits per heavy atom. The van der Waals surface area contributed by atoms with Gasteiger partial charge in [0.05, 0.1) is 6.61 Å². The summed E-state index contributed by atoms with van der Waals surface area (Å²) < 4.78 is 0. The topological polar surface area (TPSA) is 107 Å². The van der Waals surface area contributed by atoms with E-state index < -0.39 is 11.9 Å². The Balaban J connectivity index is 0.000000511. The largest absolute Gasteiger partial charge is 0.473 e. The van der Waals surface area contributed by atoms with Crippen LogP contribution in [0.2, 0.25) is 5.02 Å². The van der Waals surface area contributed by atoms with Gasteiger partial charge in [-0.05, 0) is 24.3 Å². The van der Waals surface area contributed by atoms with Gasteiger partial charge in [-0.1, -0.05) is 11.6 Å². The third-order valence-corrected chi connectivity index (χ3v) is 3.10. The summed E-state index contributed by atoms with van der Waals surface area (Å²) in [4.78, 5) is 19.4. The van der Waals surface area contributed by atoms with Crippen LogP contribution in [0, 0.1) is 0 Å². The number of hydrogen-bond donors (Lipinski definition) is 4. The normalized spacial score (nSPS) is 9.50. The Morgan fingerprint density at radius 2 is 1.65 bits per heavy atom. The molecule has 0 saturated carbocycles. The zero-order valence-electron chi connectivity index (χ0n) is 10.6. The van der Waals surface area contributed by atoms with Gasteiger partial charge in [0.1, 0.15) is 0 Å². The molecule has 1 aromatic carbocycles. The third-order valence-electron chi connectivity index (χ3n) is 1.83. The molecule has 0 bridgehead atoms. The lowest BCUT2D eigenvalue weighted by Crippen LogP contribution is -2.20. The highest BCUT2D eigenvalue weighted by molar-refractivity contribution is 7.99. The van der Waals surface area contributed by atoms with Gasteiger partial charge in [-0.2, -0.15) is 0 Å². The van der Waals surface area contributed by atoms with Crippen LogP contribution in [-0.4, -0.2) is 52.7 Å². The minimum absolute atomic E-state index is 0.200. The van der Waals surface area contributed by atoms with Crippen molar-refractivity contribution in [2.24, 2.45) is 0 Å². The van der Waals surface area contributed by atoms with E-state index in [2.05, 4.69) is 5.32 Å². The van der Waals surface area contributed by atoms with Gasteiger partial charge in [-0.3, -0.25) is 0 Å². The molecule has 0 aromatic heterocycles. The summed E-state index contributed by atoms with van der Waals surface area (Å²) in [6.45, 7) is 1.78. The molecule has 0 unspecified atom stereocenters. The van der Waals surface area contributed by atoms with Crippen LogP contribution in [0.25, 0.3) is 0 Å². The van der Waals surface area contributed by atoms with Crippen LogP contribution in [0.15, 0.2) is 29.2 Å². The molecule has 0 aliphatic heterocycles. The number of carbonyl (C=O) groups is 2. The van der Waals surface area contributed by atoms with E-state index in [1.54, 1.807) is 11.8 Å². The minimum atomic E-state index is -1.82. The minimum Gasteiger partial charge on any atom is -0.473 e. The lowest BCUT2D eigenvalue weighted by Gasteiger charge is -2.02. The Labute approximate surface area is 125 Å².